The molecule has 0 spiro atoms. The Balaban J connectivity index is 1.32. The molecule has 1 aromatic carbocycles. The second-order valence-electron chi connectivity index (χ2n) is 9.33. The Labute approximate surface area is 207 Å². The van der Waals surface area contributed by atoms with Gasteiger partial charge in [0.1, 0.15) is 0 Å². The van der Waals surface area contributed by atoms with Gasteiger partial charge in [0.15, 0.2) is 0 Å². The maximum absolute atomic E-state index is 13.1. The Morgan fingerprint density at radius 2 is 1.76 bits per heavy atom. The molecule has 0 bridgehead atoms. The molecule has 1 unspecified atom stereocenters. The van der Waals surface area contributed by atoms with Crippen LogP contribution in [0, 0.1) is 5.92 Å². The summed E-state index contributed by atoms with van der Waals surface area (Å²) in [5, 5.41) is 5.22. The van der Waals surface area contributed by atoms with Gasteiger partial charge in [-0.25, -0.2) is 8.42 Å². The molecule has 7 nitrogen and oxygen atoms in total. The van der Waals surface area contributed by atoms with Crippen molar-refractivity contribution in [3.63, 3.8) is 0 Å². The second kappa shape index (κ2) is 11.3. The standard InChI is InChI=1S/C25H35N3O4S2/c1-19(2)20-5-7-22(8-6-20)34(30,31)28-11-9-21(10-12-28)25(29)26-18-23(24-4-3-17-33-24)27-13-15-32-16-14-27/h3-8,17,19,21,23H,9-16,18H2,1-2H3,(H,26,29). The summed E-state index contributed by atoms with van der Waals surface area (Å²) >= 11 is 1.71. The maximum atomic E-state index is 13.1. The van der Waals surface area contributed by atoms with E-state index < -0.39 is 10.0 Å². The van der Waals surface area contributed by atoms with Gasteiger partial charge in [0.2, 0.25) is 15.9 Å². The first-order valence-corrected chi connectivity index (χ1v) is 14.4. The molecule has 9 heteroatoms. The van der Waals surface area contributed by atoms with Gasteiger partial charge in [0.25, 0.3) is 0 Å². The van der Waals surface area contributed by atoms with Gasteiger partial charge in [-0.15, -0.1) is 11.3 Å². The lowest BCUT2D eigenvalue weighted by molar-refractivity contribution is -0.126. The van der Waals surface area contributed by atoms with Crippen LogP contribution < -0.4 is 5.32 Å². The summed E-state index contributed by atoms with van der Waals surface area (Å²) in [4.78, 5) is 16.9. The lowest BCUT2D eigenvalue weighted by Gasteiger charge is -2.35. The Morgan fingerprint density at radius 3 is 2.35 bits per heavy atom. The molecule has 0 saturated carbocycles. The number of benzene rings is 1. The van der Waals surface area contributed by atoms with Crippen molar-refractivity contribution >= 4 is 27.3 Å². The molecule has 2 aliphatic heterocycles. The minimum Gasteiger partial charge on any atom is -0.379 e. The van der Waals surface area contributed by atoms with Crippen molar-refractivity contribution in [2.24, 2.45) is 5.92 Å². The molecule has 2 fully saturated rings. The highest BCUT2D eigenvalue weighted by Crippen LogP contribution is 2.27. The number of piperidine rings is 1. The van der Waals surface area contributed by atoms with E-state index in [9.17, 15) is 13.2 Å². The van der Waals surface area contributed by atoms with Crippen molar-refractivity contribution in [1.82, 2.24) is 14.5 Å². The van der Waals surface area contributed by atoms with E-state index in [1.54, 1.807) is 23.5 Å². The van der Waals surface area contributed by atoms with E-state index in [-0.39, 0.29) is 17.9 Å². The molecule has 2 saturated heterocycles. The second-order valence-corrected chi connectivity index (χ2v) is 12.2. The first-order valence-electron chi connectivity index (χ1n) is 12.1. The number of morpholine rings is 1. The van der Waals surface area contributed by atoms with Crippen molar-refractivity contribution < 1.29 is 17.9 Å². The first kappa shape index (κ1) is 25.3. The molecule has 3 heterocycles. The number of ether oxygens (including phenoxy) is 1. The van der Waals surface area contributed by atoms with Gasteiger partial charge in [0, 0.05) is 43.5 Å². The average Bonchev–Trinajstić information content (AvgIpc) is 3.39. The predicted octanol–water partition coefficient (Wildman–Crippen LogP) is 3.46. The number of carbonyl (C=O) groups is 1. The van der Waals surface area contributed by atoms with Crippen LogP contribution in [0.2, 0.25) is 0 Å². The van der Waals surface area contributed by atoms with E-state index in [0.29, 0.717) is 56.5 Å². The molecular formula is C25H35N3O4S2. The van der Waals surface area contributed by atoms with Gasteiger partial charge in [-0.1, -0.05) is 32.0 Å². The quantitative estimate of drug-likeness (QED) is 0.595. The van der Waals surface area contributed by atoms with Gasteiger partial charge in [-0.3, -0.25) is 9.69 Å². The summed E-state index contributed by atoms with van der Waals surface area (Å²) in [6, 6.07) is 11.5. The van der Waals surface area contributed by atoms with Crippen molar-refractivity contribution in [2.45, 2.75) is 43.5 Å². The SMILES string of the molecule is CC(C)c1ccc(S(=O)(=O)N2CCC(C(=O)NCC(c3cccs3)N3CCOCC3)CC2)cc1. The number of hydrogen-bond acceptors (Lipinski definition) is 6. The number of sulfonamides is 1. The Bertz CT molecular complexity index is 1020. The lowest BCUT2D eigenvalue weighted by Crippen LogP contribution is -2.46. The Morgan fingerprint density at radius 1 is 1.09 bits per heavy atom. The maximum Gasteiger partial charge on any atom is 0.243 e. The minimum absolute atomic E-state index is 0.0214. The summed E-state index contributed by atoms with van der Waals surface area (Å²) in [6.07, 6.45) is 1.08. The van der Waals surface area contributed by atoms with Crippen LogP contribution in [0.1, 0.15) is 49.1 Å². The number of hydrogen-bond donors (Lipinski definition) is 1. The third-order valence-electron chi connectivity index (χ3n) is 6.84. The number of nitrogens with one attached hydrogen (secondary N) is 1. The van der Waals surface area contributed by atoms with Crippen molar-refractivity contribution in [3.05, 3.63) is 52.2 Å². The largest absolute Gasteiger partial charge is 0.379 e. The monoisotopic (exact) mass is 505 g/mol. The van der Waals surface area contributed by atoms with Crippen LogP contribution in [0.25, 0.3) is 0 Å². The predicted molar refractivity (Wildman–Crippen MR) is 134 cm³/mol. The van der Waals surface area contributed by atoms with Crippen molar-refractivity contribution in [3.8, 4) is 0 Å². The third kappa shape index (κ3) is 5.88. The summed E-state index contributed by atoms with van der Waals surface area (Å²) in [6.45, 7) is 8.59. The van der Waals surface area contributed by atoms with E-state index in [2.05, 4.69) is 35.5 Å². The van der Waals surface area contributed by atoms with E-state index in [4.69, 9.17) is 4.74 Å². The molecule has 0 aliphatic carbocycles. The van der Waals surface area contributed by atoms with E-state index in [1.807, 2.05) is 18.2 Å². The number of amides is 1. The van der Waals surface area contributed by atoms with Gasteiger partial charge in [-0.2, -0.15) is 4.31 Å². The van der Waals surface area contributed by atoms with Gasteiger partial charge >= 0.3 is 0 Å². The minimum atomic E-state index is -3.54. The molecule has 34 heavy (non-hydrogen) atoms. The van der Waals surface area contributed by atoms with Crippen molar-refractivity contribution in [2.75, 3.05) is 45.9 Å². The average molecular weight is 506 g/mol. The topological polar surface area (TPSA) is 79.0 Å². The molecule has 186 valence electrons. The summed E-state index contributed by atoms with van der Waals surface area (Å²) < 4.78 is 33.2. The molecular weight excluding hydrogens is 470 g/mol. The van der Waals surface area contributed by atoms with E-state index in [1.165, 1.54) is 9.18 Å². The molecule has 1 N–H and O–H groups in total. The highest BCUT2D eigenvalue weighted by Gasteiger charge is 2.33. The van der Waals surface area contributed by atoms with Crippen LogP contribution in [-0.2, 0) is 19.6 Å². The highest BCUT2D eigenvalue weighted by molar-refractivity contribution is 7.89. The zero-order chi connectivity index (χ0) is 24.1. The van der Waals surface area contributed by atoms with E-state index in [0.717, 1.165) is 18.7 Å². The molecule has 4 rings (SSSR count). The van der Waals surface area contributed by atoms with Crippen LogP contribution in [0.3, 0.4) is 0 Å². The fraction of sp³-hybridized carbons (Fsp3) is 0.560. The fourth-order valence-corrected chi connectivity index (χ4v) is 6.98. The van der Waals surface area contributed by atoms with Crippen LogP contribution in [0.15, 0.2) is 46.7 Å². The number of carbonyl (C=O) groups excluding carboxylic acids is 1. The Kier molecular flexibility index (Phi) is 8.42. The third-order valence-corrected chi connectivity index (χ3v) is 9.72. The van der Waals surface area contributed by atoms with E-state index >= 15 is 0 Å². The normalized spacial score (nSPS) is 19.9. The molecule has 2 aliphatic rings. The lowest BCUT2D eigenvalue weighted by atomic mass is 9.97. The summed E-state index contributed by atoms with van der Waals surface area (Å²) in [5.41, 5.74) is 1.12. The number of thiophene rings is 1. The molecule has 1 aromatic heterocycles. The number of nitrogens with zero attached hydrogens (tertiary/aromatic N) is 2. The molecule has 1 amide bonds. The van der Waals surface area contributed by atoms with Crippen LogP contribution in [-0.4, -0.2) is 69.5 Å². The number of rotatable bonds is 8. The van der Waals surface area contributed by atoms with Gasteiger partial charge in [0.05, 0.1) is 24.2 Å². The highest BCUT2D eigenvalue weighted by atomic mass is 32.2. The molecule has 0 radical (unpaired) electrons. The Hall–Kier alpha value is -1.78. The summed E-state index contributed by atoms with van der Waals surface area (Å²) in [7, 11) is -3.54. The molecule has 2 aromatic rings. The zero-order valence-corrected chi connectivity index (χ0v) is 21.6. The van der Waals surface area contributed by atoms with Crippen molar-refractivity contribution in [1.29, 1.82) is 0 Å². The molecule has 1 atom stereocenters. The van der Waals surface area contributed by atoms with Gasteiger partial charge in [-0.05, 0) is 47.9 Å². The zero-order valence-electron chi connectivity index (χ0n) is 20.0. The summed E-state index contributed by atoms with van der Waals surface area (Å²) in [5.74, 6) is 0.213. The van der Waals surface area contributed by atoms with Gasteiger partial charge < -0.3 is 10.1 Å². The van der Waals surface area contributed by atoms with Crippen LogP contribution in [0.5, 0.6) is 0 Å². The smallest absolute Gasteiger partial charge is 0.243 e. The fourth-order valence-electron chi connectivity index (χ4n) is 4.65. The van der Waals surface area contributed by atoms with Crippen LogP contribution >= 0.6 is 11.3 Å². The van der Waals surface area contributed by atoms with Crippen LogP contribution in [0.4, 0.5) is 0 Å². The first-order chi connectivity index (χ1) is 16.4.